The molecule has 0 saturated carbocycles. The van der Waals surface area contributed by atoms with Crippen LogP contribution in [-0.4, -0.2) is 14.4 Å². The normalized spacial score (nSPS) is 11.3. The van der Waals surface area contributed by atoms with Gasteiger partial charge in [0.15, 0.2) is 0 Å². The predicted molar refractivity (Wildman–Crippen MR) is 178 cm³/mol. The van der Waals surface area contributed by atoms with Gasteiger partial charge in [-0.25, -0.2) is 4.98 Å². The van der Waals surface area contributed by atoms with E-state index in [1.807, 2.05) is 24.5 Å². The van der Waals surface area contributed by atoms with E-state index < -0.39 is 0 Å². The molecular weight excluding hydrogens is 522 g/mol. The van der Waals surface area contributed by atoms with Crippen molar-refractivity contribution in [3.8, 4) is 55.9 Å². The van der Waals surface area contributed by atoms with Gasteiger partial charge in [-0.1, -0.05) is 97.1 Å². The maximum Gasteiger partial charge on any atom is 0.137 e. The highest BCUT2D eigenvalue weighted by Crippen LogP contribution is 2.37. The number of rotatable bonds is 5. The van der Waals surface area contributed by atoms with Gasteiger partial charge in [0.1, 0.15) is 5.65 Å². The Balaban J connectivity index is 1.30. The Kier molecular flexibility index (Phi) is 6.12. The number of fused-ring (bicyclic) bond motifs is 2. The van der Waals surface area contributed by atoms with Gasteiger partial charge in [0.2, 0.25) is 0 Å². The third kappa shape index (κ3) is 4.67. The van der Waals surface area contributed by atoms with Crippen molar-refractivity contribution >= 4 is 16.4 Å². The van der Waals surface area contributed by atoms with Gasteiger partial charge in [-0.05, 0) is 87.1 Å². The van der Waals surface area contributed by atoms with E-state index in [0.717, 1.165) is 50.4 Å². The van der Waals surface area contributed by atoms with Crippen molar-refractivity contribution in [1.29, 1.82) is 0 Å². The quantitative estimate of drug-likeness (QED) is 0.214. The Morgan fingerprint density at radius 3 is 1.88 bits per heavy atom. The van der Waals surface area contributed by atoms with Crippen LogP contribution in [-0.2, 0) is 0 Å². The molecule has 0 saturated heterocycles. The van der Waals surface area contributed by atoms with Gasteiger partial charge in [0, 0.05) is 35.3 Å². The minimum atomic E-state index is 0.930. The van der Waals surface area contributed by atoms with E-state index in [0.29, 0.717) is 0 Å². The topological polar surface area (TPSA) is 30.2 Å². The summed E-state index contributed by atoms with van der Waals surface area (Å²) in [6, 6.07) is 51.6. The van der Waals surface area contributed by atoms with Crippen LogP contribution >= 0.6 is 0 Å². The lowest BCUT2D eigenvalue weighted by Gasteiger charge is -2.13. The highest BCUT2D eigenvalue weighted by atomic mass is 15.0. The van der Waals surface area contributed by atoms with Crippen LogP contribution in [0, 0.1) is 0 Å². The zero-order valence-electron chi connectivity index (χ0n) is 23.4. The number of hydrogen-bond acceptors (Lipinski definition) is 2. The molecule has 8 rings (SSSR count). The largest absolute Gasteiger partial charge is 0.299 e. The van der Waals surface area contributed by atoms with Gasteiger partial charge < -0.3 is 0 Å². The van der Waals surface area contributed by atoms with E-state index >= 15 is 0 Å². The maximum atomic E-state index is 5.11. The molecule has 0 spiro atoms. The molecule has 0 atom stereocenters. The predicted octanol–water partition coefficient (Wildman–Crippen LogP) is 10.2. The summed E-state index contributed by atoms with van der Waals surface area (Å²) >= 11 is 0. The molecule has 0 aliphatic carbocycles. The molecular formula is C40H27N3. The van der Waals surface area contributed by atoms with Crippen LogP contribution in [0.1, 0.15) is 0 Å². The van der Waals surface area contributed by atoms with Crippen molar-refractivity contribution in [2.45, 2.75) is 0 Å². The molecule has 202 valence electrons. The molecule has 8 aromatic rings. The van der Waals surface area contributed by atoms with Crippen LogP contribution in [0.4, 0.5) is 0 Å². The van der Waals surface area contributed by atoms with Crippen molar-refractivity contribution in [1.82, 2.24) is 14.4 Å². The second-order valence-corrected chi connectivity index (χ2v) is 10.8. The number of imidazole rings is 1. The van der Waals surface area contributed by atoms with Crippen molar-refractivity contribution in [2.24, 2.45) is 0 Å². The molecule has 0 radical (unpaired) electrons. The van der Waals surface area contributed by atoms with Crippen molar-refractivity contribution < 1.29 is 0 Å². The summed E-state index contributed by atoms with van der Waals surface area (Å²) in [4.78, 5) is 9.52. The number of pyridine rings is 2. The van der Waals surface area contributed by atoms with Crippen molar-refractivity contribution in [3.05, 3.63) is 164 Å². The summed E-state index contributed by atoms with van der Waals surface area (Å²) in [6.45, 7) is 0. The molecule has 0 bridgehead atoms. The summed E-state index contributed by atoms with van der Waals surface area (Å²) in [7, 11) is 0. The maximum absolute atomic E-state index is 5.11. The first kappa shape index (κ1) is 25.0. The third-order valence-electron chi connectivity index (χ3n) is 8.06. The molecule has 0 aliphatic heterocycles. The molecule has 3 heteroatoms. The Morgan fingerprint density at radius 2 is 1.07 bits per heavy atom. The van der Waals surface area contributed by atoms with Gasteiger partial charge in [-0.15, -0.1) is 0 Å². The van der Waals surface area contributed by atoms with E-state index in [4.69, 9.17) is 4.98 Å². The average molecular weight is 550 g/mol. The van der Waals surface area contributed by atoms with Gasteiger partial charge in [0.05, 0.1) is 11.4 Å². The lowest BCUT2D eigenvalue weighted by atomic mass is 9.92. The highest BCUT2D eigenvalue weighted by molar-refractivity contribution is 5.90. The molecule has 5 aromatic carbocycles. The van der Waals surface area contributed by atoms with Gasteiger partial charge in [0.25, 0.3) is 0 Å². The van der Waals surface area contributed by atoms with E-state index in [1.54, 1.807) is 0 Å². The fourth-order valence-electron chi connectivity index (χ4n) is 5.95. The highest BCUT2D eigenvalue weighted by Gasteiger charge is 2.17. The van der Waals surface area contributed by atoms with E-state index in [9.17, 15) is 0 Å². The first-order valence-electron chi connectivity index (χ1n) is 14.5. The zero-order valence-corrected chi connectivity index (χ0v) is 23.4. The molecule has 0 amide bonds. The molecule has 0 N–H and O–H groups in total. The first-order valence-corrected chi connectivity index (χ1v) is 14.5. The summed E-state index contributed by atoms with van der Waals surface area (Å²) in [5, 5.41) is 2.47. The number of benzene rings is 5. The molecule has 43 heavy (non-hydrogen) atoms. The van der Waals surface area contributed by atoms with Gasteiger partial charge >= 0.3 is 0 Å². The molecule has 3 aromatic heterocycles. The number of hydrogen-bond donors (Lipinski definition) is 0. The molecule has 0 unspecified atom stereocenters. The minimum Gasteiger partial charge on any atom is -0.299 e. The number of nitrogens with zero attached hydrogens (tertiary/aromatic N) is 3. The second-order valence-electron chi connectivity index (χ2n) is 10.8. The van der Waals surface area contributed by atoms with Gasteiger partial charge in [-0.3, -0.25) is 9.38 Å². The zero-order chi connectivity index (χ0) is 28.6. The van der Waals surface area contributed by atoms with E-state index in [2.05, 4.69) is 149 Å². The average Bonchev–Trinajstić information content (AvgIpc) is 3.48. The van der Waals surface area contributed by atoms with Crippen molar-refractivity contribution in [3.63, 3.8) is 0 Å². The lowest BCUT2D eigenvalue weighted by molar-refractivity contribution is 1.19. The molecule has 0 fully saturated rings. The number of aromatic nitrogens is 3. The van der Waals surface area contributed by atoms with E-state index in [-0.39, 0.29) is 0 Å². The molecule has 3 nitrogen and oxygen atoms in total. The fourth-order valence-corrected chi connectivity index (χ4v) is 5.95. The van der Waals surface area contributed by atoms with Crippen molar-refractivity contribution in [2.75, 3.05) is 0 Å². The SMILES string of the molecule is c1ccc(-c2c(-c3cccc(-c4cc(-c5cccnc5)cc(-c5ccc6ccccc6c5)c4)c3)nc3ccccn23)cc1. The van der Waals surface area contributed by atoms with Crippen LogP contribution in [0.15, 0.2) is 164 Å². The van der Waals surface area contributed by atoms with E-state index in [1.165, 1.54) is 21.9 Å². The van der Waals surface area contributed by atoms with Crippen LogP contribution in [0.3, 0.4) is 0 Å². The molecule has 3 heterocycles. The summed E-state index contributed by atoms with van der Waals surface area (Å²) in [6.07, 6.45) is 5.84. The fraction of sp³-hybridized carbons (Fsp3) is 0. The minimum absolute atomic E-state index is 0.930. The van der Waals surface area contributed by atoms with Gasteiger partial charge in [-0.2, -0.15) is 0 Å². The van der Waals surface area contributed by atoms with Crippen LogP contribution in [0.5, 0.6) is 0 Å². The second kappa shape index (κ2) is 10.6. The standard InChI is InChI=1S/C40H27N3/c1-2-11-29(12-3-1)40-39(42-38-17-6-7-21-43(38)40)33-15-8-14-31(23-33)35-24-36(26-37(25-35)34-16-9-20-41-27-34)32-19-18-28-10-4-5-13-30(28)22-32/h1-27H. The Hall–Kier alpha value is -5.80. The van der Waals surface area contributed by atoms with Crippen LogP contribution in [0.25, 0.3) is 72.3 Å². The summed E-state index contributed by atoms with van der Waals surface area (Å²) in [5.74, 6) is 0. The Morgan fingerprint density at radius 1 is 0.419 bits per heavy atom. The summed E-state index contributed by atoms with van der Waals surface area (Å²) in [5.41, 5.74) is 12.1. The van der Waals surface area contributed by atoms with Crippen LogP contribution < -0.4 is 0 Å². The molecule has 0 aliphatic rings. The Labute approximate surface area is 250 Å². The summed E-state index contributed by atoms with van der Waals surface area (Å²) < 4.78 is 2.18. The van der Waals surface area contributed by atoms with Crippen LogP contribution in [0.2, 0.25) is 0 Å². The monoisotopic (exact) mass is 549 g/mol. The third-order valence-corrected chi connectivity index (χ3v) is 8.06. The first-order chi connectivity index (χ1) is 21.3. The lowest BCUT2D eigenvalue weighted by Crippen LogP contribution is -1.90. The Bertz CT molecular complexity index is 2230. The smallest absolute Gasteiger partial charge is 0.137 e.